The number of ether oxygens (including phenoxy) is 16. The highest BCUT2D eigenvalue weighted by atomic mass is 32.2. The third-order valence-corrected chi connectivity index (χ3v) is 20.3. The van der Waals surface area contributed by atoms with Crippen LogP contribution in [-0.2, 0) is 169 Å². The van der Waals surface area contributed by atoms with Crippen molar-refractivity contribution < 1.29 is 177 Å². The highest BCUT2D eigenvalue weighted by Gasteiger charge is 2.59. The van der Waals surface area contributed by atoms with E-state index < -0.39 is 297 Å². The van der Waals surface area contributed by atoms with Gasteiger partial charge in [-0.15, -0.1) is 23.5 Å². The number of hydrogen-bond acceptors (Lipinski definition) is 39. The Balaban J connectivity index is 1.48. The van der Waals surface area contributed by atoms with Crippen molar-refractivity contribution in [3.8, 4) is 0 Å². The molecule has 9 N–H and O–H groups in total. The van der Waals surface area contributed by atoms with E-state index in [4.69, 9.17) is 75.8 Å². The molecule has 47 heteroatoms. The molecule has 22 atom stereocenters. The Morgan fingerprint density at radius 3 is 1.43 bits per heavy atom. The summed E-state index contributed by atoms with van der Waals surface area (Å²) in [6, 6.07) is -4.96. The van der Waals surface area contributed by atoms with Gasteiger partial charge < -0.3 is 128 Å². The lowest BCUT2D eigenvalue weighted by atomic mass is 9.96. The van der Waals surface area contributed by atoms with E-state index in [0.717, 1.165) is 92.8 Å². The minimum Gasteiger partial charge on any atom is -0.463 e. The average molecular weight is 1790 g/mol. The number of aliphatic hydroxyl groups excluding tert-OH is 2. The second kappa shape index (κ2) is 49.0. The van der Waals surface area contributed by atoms with Gasteiger partial charge in [-0.05, 0) is 65.2 Å². The fourth-order valence-electron chi connectivity index (χ4n) is 12.8. The van der Waals surface area contributed by atoms with Gasteiger partial charge in [0.2, 0.25) is 41.4 Å². The smallest absolute Gasteiger partial charge is 0.408 e. The molecular weight excluding hydrogens is 1680 g/mol. The van der Waals surface area contributed by atoms with Crippen LogP contribution in [0.1, 0.15) is 136 Å². The summed E-state index contributed by atoms with van der Waals surface area (Å²) in [5.74, 6) is -19.1. The van der Waals surface area contributed by atoms with Gasteiger partial charge in [-0.3, -0.25) is 81.5 Å². The first-order valence-electron chi connectivity index (χ1n) is 38.7. The van der Waals surface area contributed by atoms with E-state index in [2.05, 4.69) is 37.2 Å². The van der Waals surface area contributed by atoms with Crippen LogP contribution in [0.2, 0.25) is 0 Å². The molecule has 0 spiro atoms. The normalized spacial score (nSPS) is 24.9. The second-order valence-electron chi connectivity index (χ2n) is 29.4. The number of carbonyl (C=O) groups is 19. The first-order valence-corrected chi connectivity index (χ1v) is 40.8. The van der Waals surface area contributed by atoms with Crippen LogP contribution in [0.25, 0.3) is 0 Å². The molecule has 5 rings (SSSR count). The molecule has 686 valence electrons. The van der Waals surface area contributed by atoms with Crippen LogP contribution in [0.5, 0.6) is 0 Å². The summed E-state index contributed by atoms with van der Waals surface area (Å²) in [7, 11) is 0. The van der Waals surface area contributed by atoms with Crippen molar-refractivity contribution in [1.29, 1.82) is 0 Å². The highest BCUT2D eigenvalue weighted by Crippen LogP contribution is 2.39. The van der Waals surface area contributed by atoms with Crippen molar-refractivity contribution in [3.05, 3.63) is 35.9 Å². The monoisotopic (exact) mass is 1790 g/mol. The fraction of sp³-hybridized carbons (Fsp3) is 0.671. The van der Waals surface area contributed by atoms with E-state index >= 15 is 4.79 Å². The summed E-state index contributed by atoms with van der Waals surface area (Å²) in [4.78, 5) is 254. The first-order chi connectivity index (χ1) is 57.7. The molecular formula is C76H108N8O37S2. The van der Waals surface area contributed by atoms with Gasteiger partial charge in [-0.25, -0.2) is 9.59 Å². The van der Waals surface area contributed by atoms with E-state index in [0.29, 0.717) is 17.3 Å². The van der Waals surface area contributed by atoms with E-state index in [-0.39, 0.29) is 31.7 Å². The molecule has 0 unspecified atom stereocenters. The maximum atomic E-state index is 15.4. The van der Waals surface area contributed by atoms with Crippen LogP contribution < -0.4 is 37.2 Å². The predicted molar refractivity (Wildman–Crippen MR) is 416 cm³/mol. The van der Waals surface area contributed by atoms with Crippen molar-refractivity contribution in [2.24, 2.45) is 0 Å². The lowest BCUT2D eigenvalue weighted by Crippen LogP contribution is -2.67. The number of aliphatic hydroxyl groups is 2. The molecule has 0 radical (unpaired) electrons. The quantitative estimate of drug-likeness (QED) is 0.0237. The van der Waals surface area contributed by atoms with Crippen LogP contribution >= 0.6 is 23.5 Å². The van der Waals surface area contributed by atoms with Gasteiger partial charge in [0.25, 0.3) is 0 Å². The molecule has 4 saturated heterocycles. The first kappa shape index (κ1) is 103. The van der Waals surface area contributed by atoms with Crippen molar-refractivity contribution in [2.45, 2.75) is 275 Å². The summed E-state index contributed by atoms with van der Waals surface area (Å²) in [5, 5.41) is 38.4. The molecule has 0 saturated carbocycles. The van der Waals surface area contributed by atoms with Crippen molar-refractivity contribution in [1.82, 2.24) is 42.1 Å². The lowest BCUT2D eigenvalue weighted by Gasteiger charge is -2.48. The Hall–Kier alpha value is -10.6. The number of nitrogens with one attached hydrogen (secondary N) is 7. The molecule has 123 heavy (non-hydrogen) atoms. The molecule has 0 bridgehead atoms. The topological polar surface area (TPSA) is 600 Å². The molecule has 1 aromatic rings. The number of esters is 11. The number of benzene rings is 1. The molecule has 4 aliphatic heterocycles. The summed E-state index contributed by atoms with van der Waals surface area (Å²) in [5.41, 5.74) is -3.49. The van der Waals surface area contributed by atoms with Crippen LogP contribution in [0.3, 0.4) is 0 Å². The zero-order chi connectivity index (χ0) is 92.0. The third-order valence-electron chi connectivity index (χ3n) is 17.9. The van der Waals surface area contributed by atoms with E-state index in [1.807, 2.05) is 0 Å². The maximum Gasteiger partial charge on any atom is 0.408 e. The molecule has 1 aromatic carbocycles. The number of likely N-dealkylation sites (tertiary alicyclic amines) is 1. The van der Waals surface area contributed by atoms with Crippen LogP contribution in [0.4, 0.5) is 4.79 Å². The standard InChI is InChI=1S/C76H108N8O37S2/c1-34(78-75(105)121-76(14,15)16)65(98)83-51(33-123-74-64(116-46(13)97)62(114-44(11)95)59(55(119-74)32-108-39(6)90)120-72-63(115-45(12)96)61(113-43(10)94)58(111-41(8)92)53(117-72)30-106-37(4)88)70(103)84-25-20-23-52(84)69(102)82-50(28-86)68(101)81-49(27-85)67(100)80-48(66(99)77-35(2)71(104)109-29-47-21-18-17-19-22-47)24-26-122-73-56(79-36(3)87)60(112-42(9)93)57(110-40(7)91)54(118-73)31-107-38(5)89/h17-19,21-22,34-35,48-64,72-74,85-86H,20,23-33H2,1-16H3,(H,77,99)(H,78,105)(H,79,87)(H,80,100)(H,81,101)(H,82,102)(H,83,98)/t34-,35-,48-,49-,50-,51-,52-,53+,54+,55+,56+,57+,58-,59+,60+,61-,62-,63+,64+,72-,73-,74-/m0/s1. The molecule has 4 heterocycles. The molecule has 4 aliphatic rings. The van der Waals surface area contributed by atoms with E-state index in [1.165, 1.54) is 34.6 Å². The molecule has 0 aromatic heterocycles. The Morgan fingerprint density at radius 1 is 0.472 bits per heavy atom. The zero-order valence-electron chi connectivity index (χ0n) is 70.5. The number of amides is 8. The maximum absolute atomic E-state index is 15.4. The number of alkyl carbamates (subject to hydrolysis) is 1. The Bertz CT molecular complexity index is 3930. The summed E-state index contributed by atoms with van der Waals surface area (Å²) >= 11 is 1.43. The Morgan fingerprint density at radius 2 is 0.919 bits per heavy atom. The number of carbonyl (C=O) groups excluding carboxylic acids is 19. The van der Waals surface area contributed by atoms with Gasteiger partial charge in [-0.1, -0.05) is 30.3 Å². The Kier molecular flexibility index (Phi) is 41.1. The molecule has 4 fully saturated rings. The third kappa shape index (κ3) is 33.5. The second-order valence-corrected chi connectivity index (χ2v) is 31.7. The fourth-order valence-corrected chi connectivity index (χ4v) is 15.2. The van der Waals surface area contributed by atoms with Gasteiger partial charge in [-0.2, -0.15) is 0 Å². The predicted octanol–water partition coefficient (Wildman–Crippen LogP) is -2.81. The van der Waals surface area contributed by atoms with Crippen molar-refractivity contribution in [3.63, 3.8) is 0 Å². The number of hydrogen-bond donors (Lipinski definition) is 9. The molecule has 8 amide bonds. The van der Waals surface area contributed by atoms with Crippen molar-refractivity contribution in [2.75, 3.05) is 51.1 Å². The highest BCUT2D eigenvalue weighted by molar-refractivity contribution is 8.00. The Labute approximate surface area is 714 Å². The van der Waals surface area contributed by atoms with E-state index in [9.17, 15) is 96.5 Å². The van der Waals surface area contributed by atoms with E-state index in [1.54, 1.807) is 30.3 Å². The van der Waals surface area contributed by atoms with Crippen LogP contribution in [0, 0.1) is 0 Å². The summed E-state index contributed by atoms with van der Waals surface area (Å²) in [6.07, 6.45) is -22.6. The van der Waals surface area contributed by atoms with Crippen LogP contribution in [0.15, 0.2) is 30.3 Å². The average Bonchev–Trinajstić information content (AvgIpc) is 0.866. The van der Waals surface area contributed by atoms with Gasteiger partial charge in [0, 0.05) is 88.5 Å². The summed E-state index contributed by atoms with van der Waals surface area (Å²) < 4.78 is 91.3. The molecule has 0 aliphatic carbocycles. The van der Waals surface area contributed by atoms with Crippen molar-refractivity contribution >= 4 is 137 Å². The number of rotatable bonds is 40. The van der Waals surface area contributed by atoms with Gasteiger partial charge in [0.15, 0.2) is 49.0 Å². The van der Waals surface area contributed by atoms with Gasteiger partial charge in [0.1, 0.15) is 116 Å². The van der Waals surface area contributed by atoms with Gasteiger partial charge in [0.05, 0.1) is 13.2 Å². The zero-order valence-corrected chi connectivity index (χ0v) is 72.2. The SMILES string of the molecule is CC(=O)N[C@@H]1[C@@H](OC(C)=O)[C@H](OC(C)=O)[C@@H](COC(C)=O)O[C@H]1SCC[C@H](NC(=O)[C@H](CO)NC(=O)[C@H](CO)NC(=O)[C@@H]1CCCN1C(=O)[C@H](CS[C@@H]1O[C@H](COC(C)=O)[C@@H](O[C@@H]2O[C@H](COC(C)=O)[C@H](OC(C)=O)[C@H](OC(C)=O)[C@H]2OC(C)=O)[C@H](OC(C)=O)[C@H]1OC(C)=O)NC(=O)[C@H](C)NC(=O)OC(C)(C)C)C(=O)N[C@@H](C)C(=O)OCc1ccccc1. The molecule has 45 nitrogen and oxygen atoms in total. The van der Waals surface area contributed by atoms with Gasteiger partial charge >= 0.3 is 71.8 Å². The lowest BCUT2D eigenvalue weighted by molar-refractivity contribution is -0.341. The minimum absolute atomic E-state index is 0.0481. The van der Waals surface area contributed by atoms with Crippen LogP contribution in [-0.4, -0.2) is 318 Å². The number of thioether (sulfide) groups is 2. The minimum atomic E-state index is -2.06. The largest absolute Gasteiger partial charge is 0.463 e. The number of nitrogens with zero attached hydrogens (tertiary/aromatic N) is 1. The summed E-state index contributed by atoms with van der Waals surface area (Å²) in [6.45, 7) is 13.0.